The Morgan fingerprint density at radius 1 is 1.38 bits per heavy atom. The number of aromatic nitrogens is 1. The first-order valence-electron chi connectivity index (χ1n) is 4.70. The molecule has 0 saturated carbocycles. The van der Waals surface area contributed by atoms with Gasteiger partial charge in [-0.3, -0.25) is 0 Å². The van der Waals surface area contributed by atoms with E-state index in [4.69, 9.17) is 5.73 Å². The standard InChI is InChI=1S/C11H11FN2S.BrH/c12-9-3-1-2-8(6-9)10-7-15-11(14-10)4-5-13;/h1-3,6-7H,4-5,13H2;1H. The van der Waals surface area contributed by atoms with Crippen LogP contribution < -0.4 is 5.73 Å². The van der Waals surface area contributed by atoms with Crippen LogP contribution in [0.5, 0.6) is 0 Å². The van der Waals surface area contributed by atoms with Crippen molar-refractivity contribution in [2.45, 2.75) is 6.42 Å². The summed E-state index contributed by atoms with van der Waals surface area (Å²) in [5, 5.41) is 2.93. The molecule has 0 radical (unpaired) electrons. The van der Waals surface area contributed by atoms with Gasteiger partial charge in [-0.15, -0.1) is 28.3 Å². The second-order valence-electron chi connectivity index (χ2n) is 3.18. The molecule has 86 valence electrons. The minimum atomic E-state index is -0.235. The average Bonchev–Trinajstić information content (AvgIpc) is 2.67. The van der Waals surface area contributed by atoms with Gasteiger partial charge in [0, 0.05) is 17.4 Å². The van der Waals surface area contributed by atoms with Gasteiger partial charge in [-0.2, -0.15) is 0 Å². The maximum Gasteiger partial charge on any atom is 0.123 e. The molecule has 2 rings (SSSR count). The van der Waals surface area contributed by atoms with Crippen molar-refractivity contribution >= 4 is 28.3 Å². The molecule has 0 atom stereocenters. The molecular formula is C11H12BrFN2S. The summed E-state index contributed by atoms with van der Waals surface area (Å²) < 4.78 is 13.0. The maximum atomic E-state index is 13.0. The van der Waals surface area contributed by atoms with Crippen molar-refractivity contribution in [2.24, 2.45) is 5.73 Å². The Kier molecular flexibility index (Phi) is 5.05. The monoisotopic (exact) mass is 302 g/mol. The van der Waals surface area contributed by atoms with Gasteiger partial charge in [0.2, 0.25) is 0 Å². The van der Waals surface area contributed by atoms with Gasteiger partial charge in [0.15, 0.2) is 0 Å². The smallest absolute Gasteiger partial charge is 0.123 e. The van der Waals surface area contributed by atoms with Gasteiger partial charge in [-0.05, 0) is 18.7 Å². The summed E-state index contributed by atoms with van der Waals surface area (Å²) in [4.78, 5) is 4.38. The molecule has 0 bridgehead atoms. The van der Waals surface area contributed by atoms with Gasteiger partial charge in [0.05, 0.1) is 10.7 Å². The van der Waals surface area contributed by atoms with E-state index < -0.39 is 0 Å². The maximum absolute atomic E-state index is 13.0. The van der Waals surface area contributed by atoms with Gasteiger partial charge in [-0.25, -0.2) is 9.37 Å². The predicted octanol–water partition coefficient (Wildman–Crippen LogP) is 3.03. The van der Waals surface area contributed by atoms with E-state index in [1.165, 1.54) is 12.1 Å². The predicted molar refractivity (Wildman–Crippen MR) is 70.6 cm³/mol. The molecule has 1 aromatic carbocycles. The van der Waals surface area contributed by atoms with Crippen molar-refractivity contribution in [3.63, 3.8) is 0 Å². The molecule has 0 fully saturated rings. The highest BCUT2D eigenvalue weighted by Crippen LogP contribution is 2.22. The van der Waals surface area contributed by atoms with E-state index >= 15 is 0 Å². The topological polar surface area (TPSA) is 38.9 Å². The lowest BCUT2D eigenvalue weighted by molar-refractivity contribution is 0.628. The number of rotatable bonds is 3. The number of hydrogen-bond donors (Lipinski definition) is 1. The third-order valence-corrected chi connectivity index (χ3v) is 2.94. The lowest BCUT2D eigenvalue weighted by atomic mass is 10.2. The van der Waals surface area contributed by atoms with E-state index in [1.807, 2.05) is 11.4 Å². The number of thiazole rings is 1. The summed E-state index contributed by atoms with van der Waals surface area (Å²) in [6, 6.07) is 6.45. The highest BCUT2D eigenvalue weighted by atomic mass is 79.9. The van der Waals surface area contributed by atoms with E-state index in [0.717, 1.165) is 22.7 Å². The first-order valence-corrected chi connectivity index (χ1v) is 5.58. The van der Waals surface area contributed by atoms with Crippen molar-refractivity contribution in [2.75, 3.05) is 6.54 Å². The SMILES string of the molecule is Br.NCCc1nc(-c2cccc(F)c2)cs1. The van der Waals surface area contributed by atoms with Crippen LogP contribution in [0.15, 0.2) is 29.6 Å². The molecule has 5 heteroatoms. The molecule has 0 saturated heterocycles. The normalized spacial score (nSPS) is 9.88. The lowest BCUT2D eigenvalue weighted by Crippen LogP contribution is -2.01. The molecule has 2 N–H and O–H groups in total. The van der Waals surface area contributed by atoms with Crippen molar-refractivity contribution in [3.05, 3.63) is 40.5 Å². The second kappa shape index (κ2) is 6.08. The van der Waals surface area contributed by atoms with Crippen LogP contribution >= 0.6 is 28.3 Å². The second-order valence-corrected chi connectivity index (χ2v) is 4.12. The quantitative estimate of drug-likeness (QED) is 0.946. The minimum Gasteiger partial charge on any atom is -0.330 e. The summed E-state index contributed by atoms with van der Waals surface area (Å²) in [6.45, 7) is 0.593. The van der Waals surface area contributed by atoms with Crippen LogP contribution in [0.1, 0.15) is 5.01 Å². The van der Waals surface area contributed by atoms with Crippen LogP contribution in [-0.2, 0) is 6.42 Å². The molecule has 0 aliphatic heterocycles. The van der Waals surface area contributed by atoms with Gasteiger partial charge in [0.25, 0.3) is 0 Å². The number of hydrogen-bond acceptors (Lipinski definition) is 3. The van der Waals surface area contributed by atoms with Crippen LogP contribution in [0.25, 0.3) is 11.3 Å². The van der Waals surface area contributed by atoms with Crippen LogP contribution in [0.2, 0.25) is 0 Å². The van der Waals surface area contributed by atoms with Crippen molar-refractivity contribution in [1.82, 2.24) is 4.98 Å². The third kappa shape index (κ3) is 3.10. The van der Waals surface area contributed by atoms with Crippen molar-refractivity contribution in [3.8, 4) is 11.3 Å². The molecular weight excluding hydrogens is 291 g/mol. The molecule has 2 aromatic rings. The number of nitrogens with two attached hydrogens (primary N) is 1. The first-order chi connectivity index (χ1) is 7.29. The van der Waals surface area contributed by atoms with Crippen LogP contribution in [0.3, 0.4) is 0 Å². The molecule has 16 heavy (non-hydrogen) atoms. The van der Waals surface area contributed by atoms with E-state index in [9.17, 15) is 4.39 Å². The zero-order chi connectivity index (χ0) is 10.7. The highest BCUT2D eigenvalue weighted by molar-refractivity contribution is 8.93. The zero-order valence-corrected chi connectivity index (χ0v) is 11.0. The highest BCUT2D eigenvalue weighted by Gasteiger charge is 2.04. The Hall–Kier alpha value is -0.780. The summed E-state index contributed by atoms with van der Waals surface area (Å²) in [5.74, 6) is -0.235. The molecule has 0 amide bonds. The molecule has 0 unspecified atom stereocenters. The molecule has 2 nitrogen and oxygen atoms in total. The largest absolute Gasteiger partial charge is 0.330 e. The fourth-order valence-corrected chi connectivity index (χ4v) is 2.15. The Balaban J connectivity index is 0.00000128. The third-order valence-electron chi connectivity index (χ3n) is 2.03. The summed E-state index contributed by atoms with van der Waals surface area (Å²) in [6.07, 6.45) is 0.778. The summed E-state index contributed by atoms with van der Waals surface area (Å²) >= 11 is 1.56. The van der Waals surface area contributed by atoms with Gasteiger partial charge < -0.3 is 5.73 Å². The average molecular weight is 303 g/mol. The van der Waals surface area contributed by atoms with Crippen molar-refractivity contribution < 1.29 is 4.39 Å². The van der Waals surface area contributed by atoms with E-state index in [2.05, 4.69) is 4.98 Å². The number of benzene rings is 1. The lowest BCUT2D eigenvalue weighted by Gasteiger charge is -1.95. The Morgan fingerprint density at radius 3 is 2.88 bits per heavy atom. The zero-order valence-electron chi connectivity index (χ0n) is 8.52. The van der Waals surface area contributed by atoms with Crippen molar-refractivity contribution in [1.29, 1.82) is 0 Å². The van der Waals surface area contributed by atoms with Gasteiger partial charge >= 0.3 is 0 Å². The molecule has 0 aliphatic rings. The van der Waals surface area contributed by atoms with E-state index in [-0.39, 0.29) is 22.8 Å². The molecule has 0 aliphatic carbocycles. The van der Waals surface area contributed by atoms with E-state index in [1.54, 1.807) is 17.4 Å². The van der Waals surface area contributed by atoms with Gasteiger partial charge in [0.1, 0.15) is 5.82 Å². The molecule has 0 spiro atoms. The minimum absolute atomic E-state index is 0. The van der Waals surface area contributed by atoms with Crippen LogP contribution in [0, 0.1) is 5.82 Å². The van der Waals surface area contributed by atoms with Crippen LogP contribution in [-0.4, -0.2) is 11.5 Å². The summed E-state index contributed by atoms with van der Waals surface area (Å²) in [7, 11) is 0. The van der Waals surface area contributed by atoms with Gasteiger partial charge in [-0.1, -0.05) is 12.1 Å². The fourth-order valence-electron chi connectivity index (χ4n) is 1.33. The Bertz CT molecular complexity index is 459. The number of halogens is 2. The van der Waals surface area contributed by atoms with Crippen LogP contribution in [0.4, 0.5) is 4.39 Å². The fraction of sp³-hybridized carbons (Fsp3) is 0.182. The Morgan fingerprint density at radius 2 is 2.19 bits per heavy atom. The van der Waals surface area contributed by atoms with E-state index in [0.29, 0.717) is 6.54 Å². The molecule has 1 heterocycles. The Labute approximate surface area is 108 Å². The summed E-state index contributed by atoms with van der Waals surface area (Å²) in [5.41, 5.74) is 7.08. The number of nitrogens with zero attached hydrogens (tertiary/aromatic N) is 1. The molecule has 1 aromatic heterocycles. The first kappa shape index (κ1) is 13.3.